The molecule has 1 aromatic heterocycles. The summed E-state index contributed by atoms with van der Waals surface area (Å²) < 4.78 is 0. The predicted molar refractivity (Wildman–Crippen MR) is 86.4 cm³/mol. The van der Waals surface area contributed by atoms with Crippen LogP contribution in [0.5, 0.6) is 0 Å². The van der Waals surface area contributed by atoms with Crippen LogP contribution in [0.15, 0.2) is 18.3 Å². The van der Waals surface area contributed by atoms with Crippen molar-refractivity contribution in [2.45, 2.75) is 32.9 Å². The van der Waals surface area contributed by atoms with Crippen molar-refractivity contribution in [1.82, 2.24) is 14.8 Å². The first kappa shape index (κ1) is 16.2. The van der Waals surface area contributed by atoms with Gasteiger partial charge < -0.3 is 10.4 Å². The molecule has 1 aliphatic rings. The average Bonchev–Trinajstić information content (AvgIpc) is 2.42. The standard InChI is InChI=1S/C16H28N4O/c1-4-17-15-14(6-5-7-18-15)12-19-8-10-20(11-9-19)13-16(2,3)21/h5-7,21H,4,8-13H2,1-3H3,(H,17,18). The molecule has 2 heterocycles. The van der Waals surface area contributed by atoms with E-state index in [0.29, 0.717) is 0 Å². The van der Waals surface area contributed by atoms with Gasteiger partial charge in [-0.3, -0.25) is 9.80 Å². The van der Waals surface area contributed by atoms with Crippen LogP contribution in [0.1, 0.15) is 26.3 Å². The Kier molecular flexibility index (Phi) is 5.56. The first-order valence-corrected chi connectivity index (χ1v) is 7.83. The van der Waals surface area contributed by atoms with Gasteiger partial charge in [0, 0.05) is 57.6 Å². The molecule has 5 nitrogen and oxygen atoms in total. The minimum atomic E-state index is -0.607. The molecular formula is C16H28N4O. The molecule has 0 unspecified atom stereocenters. The van der Waals surface area contributed by atoms with Gasteiger partial charge in [-0.05, 0) is 26.8 Å². The van der Waals surface area contributed by atoms with E-state index in [1.54, 1.807) is 0 Å². The molecule has 2 N–H and O–H groups in total. The van der Waals surface area contributed by atoms with Gasteiger partial charge in [0.2, 0.25) is 0 Å². The van der Waals surface area contributed by atoms with Gasteiger partial charge >= 0.3 is 0 Å². The summed E-state index contributed by atoms with van der Waals surface area (Å²) in [4.78, 5) is 9.21. The molecule has 1 fully saturated rings. The Morgan fingerprint density at radius 3 is 2.52 bits per heavy atom. The molecule has 0 saturated carbocycles. The zero-order chi connectivity index (χ0) is 15.3. The van der Waals surface area contributed by atoms with Crippen LogP contribution in [0.3, 0.4) is 0 Å². The van der Waals surface area contributed by atoms with Gasteiger partial charge in [-0.15, -0.1) is 0 Å². The van der Waals surface area contributed by atoms with Crippen molar-refractivity contribution in [3.63, 3.8) is 0 Å². The molecule has 0 amide bonds. The Morgan fingerprint density at radius 1 is 1.24 bits per heavy atom. The quantitative estimate of drug-likeness (QED) is 0.830. The Hall–Kier alpha value is -1.17. The monoisotopic (exact) mass is 292 g/mol. The second-order valence-corrected chi connectivity index (χ2v) is 6.41. The van der Waals surface area contributed by atoms with Gasteiger partial charge in [-0.2, -0.15) is 0 Å². The number of nitrogens with one attached hydrogen (secondary N) is 1. The summed E-state index contributed by atoms with van der Waals surface area (Å²) in [5, 5.41) is 13.2. The number of hydrogen-bond donors (Lipinski definition) is 2. The Balaban J connectivity index is 1.86. The number of β-amino-alcohol motifs (C(OH)–C–C–N with tert-alkyl or cyclic N) is 1. The number of piperazine rings is 1. The summed E-state index contributed by atoms with van der Waals surface area (Å²) in [5.74, 6) is 0.999. The lowest BCUT2D eigenvalue weighted by Gasteiger charge is -2.37. The van der Waals surface area contributed by atoms with Crippen molar-refractivity contribution < 1.29 is 5.11 Å². The molecule has 0 aliphatic carbocycles. The van der Waals surface area contributed by atoms with Crippen LogP contribution < -0.4 is 5.32 Å². The Bertz CT molecular complexity index is 436. The smallest absolute Gasteiger partial charge is 0.130 e. The highest BCUT2D eigenvalue weighted by molar-refractivity contribution is 5.43. The summed E-state index contributed by atoms with van der Waals surface area (Å²) in [6, 6.07) is 4.15. The van der Waals surface area contributed by atoms with Crippen LogP contribution in [0.2, 0.25) is 0 Å². The van der Waals surface area contributed by atoms with Crippen molar-refractivity contribution in [2.75, 3.05) is 44.6 Å². The summed E-state index contributed by atoms with van der Waals surface area (Å²) >= 11 is 0. The van der Waals surface area contributed by atoms with Crippen LogP contribution in [0.25, 0.3) is 0 Å². The maximum absolute atomic E-state index is 9.89. The van der Waals surface area contributed by atoms with E-state index in [1.165, 1.54) is 5.56 Å². The van der Waals surface area contributed by atoms with Crippen molar-refractivity contribution >= 4 is 5.82 Å². The zero-order valence-corrected chi connectivity index (χ0v) is 13.5. The van der Waals surface area contributed by atoms with Gasteiger partial charge in [0.15, 0.2) is 0 Å². The molecule has 1 aromatic rings. The molecule has 118 valence electrons. The summed E-state index contributed by atoms with van der Waals surface area (Å²) in [5.41, 5.74) is 0.652. The molecule has 0 atom stereocenters. The third-order valence-electron chi connectivity index (χ3n) is 3.70. The Labute approximate surface area is 128 Å². The number of aromatic nitrogens is 1. The van der Waals surface area contributed by atoms with E-state index in [-0.39, 0.29) is 0 Å². The fourth-order valence-corrected chi connectivity index (χ4v) is 2.79. The number of anilines is 1. The highest BCUT2D eigenvalue weighted by Crippen LogP contribution is 2.16. The van der Waals surface area contributed by atoms with E-state index in [2.05, 4.69) is 33.1 Å². The van der Waals surface area contributed by atoms with Gasteiger partial charge in [-0.1, -0.05) is 6.07 Å². The van der Waals surface area contributed by atoms with E-state index in [0.717, 1.165) is 51.6 Å². The fraction of sp³-hybridized carbons (Fsp3) is 0.688. The fourth-order valence-electron chi connectivity index (χ4n) is 2.79. The number of pyridine rings is 1. The van der Waals surface area contributed by atoms with Gasteiger partial charge in [0.1, 0.15) is 5.82 Å². The molecule has 0 spiro atoms. The van der Waals surface area contributed by atoms with Crippen LogP contribution in [-0.4, -0.2) is 64.8 Å². The van der Waals surface area contributed by atoms with Crippen molar-refractivity contribution in [3.05, 3.63) is 23.9 Å². The highest BCUT2D eigenvalue weighted by Gasteiger charge is 2.23. The van der Waals surface area contributed by atoms with Gasteiger partial charge in [0.05, 0.1) is 5.60 Å². The van der Waals surface area contributed by atoms with Crippen LogP contribution in [0.4, 0.5) is 5.82 Å². The molecule has 1 saturated heterocycles. The summed E-state index contributed by atoms with van der Waals surface area (Å²) in [6.45, 7) is 12.5. The van der Waals surface area contributed by atoms with E-state index in [4.69, 9.17) is 0 Å². The van der Waals surface area contributed by atoms with Crippen LogP contribution >= 0.6 is 0 Å². The molecule has 0 aromatic carbocycles. The van der Waals surface area contributed by atoms with Crippen molar-refractivity contribution in [3.8, 4) is 0 Å². The van der Waals surface area contributed by atoms with Crippen molar-refractivity contribution in [2.24, 2.45) is 0 Å². The molecule has 5 heteroatoms. The highest BCUT2D eigenvalue weighted by atomic mass is 16.3. The van der Waals surface area contributed by atoms with Crippen LogP contribution in [-0.2, 0) is 6.54 Å². The lowest BCUT2D eigenvalue weighted by molar-refractivity contribution is 0.0167. The van der Waals surface area contributed by atoms with E-state index < -0.39 is 5.60 Å². The third-order valence-corrected chi connectivity index (χ3v) is 3.70. The minimum absolute atomic E-state index is 0.607. The second kappa shape index (κ2) is 7.20. The second-order valence-electron chi connectivity index (χ2n) is 6.41. The SMILES string of the molecule is CCNc1ncccc1CN1CCN(CC(C)(C)O)CC1. The minimum Gasteiger partial charge on any atom is -0.389 e. The normalized spacial score (nSPS) is 17.9. The Morgan fingerprint density at radius 2 is 1.90 bits per heavy atom. The molecule has 0 bridgehead atoms. The van der Waals surface area contributed by atoms with E-state index in [9.17, 15) is 5.11 Å². The number of rotatable bonds is 6. The average molecular weight is 292 g/mol. The topological polar surface area (TPSA) is 51.6 Å². The molecule has 21 heavy (non-hydrogen) atoms. The molecule has 0 radical (unpaired) electrons. The number of nitrogens with zero attached hydrogens (tertiary/aromatic N) is 3. The maximum atomic E-state index is 9.89. The third kappa shape index (κ3) is 5.26. The van der Waals surface area contributed by atoms with Gasteiger partial charge in [0.25, 0.3) is 0 Å². The van der Waals surface area contributed by atoms with E-state index in [1.807, 2.05) is 26.1 Å². The number of hydrogen-bond acceptors (Lipinski definition) is 5. The summed E-state index contributed by atoms with van der Waals surface area (Å²) in [6.07, 6.45) is 1.84. The predicted octanol–water partition coefficient (Wildman–Crippen LogP) is 1.40. The summed E-state index contributed by atoms with van der Waals surface area (Å²) in [7, 11) is 0. The maximum Gasteiger partial charge on any atom is 0.130 e. The molecule has 2 rings (SSSR count). The van der Waals surface area contributed by atoms with Crippen LogP contribution in [0, 0.1) is 0 Å². The molecular weight excluding hydrogens is 264 g/mol. The largest absolute Gasteiger partial charge is 0.389 e. The lowest BCUT2D eigenvalue weighted by Crippen LogP contribution is -2.50. The number of aliphatic hydroxyl groups is 1. The first-order valence-electron chi connectivity index (χ1n) is 7.83. The van der Waals surface area contributed by atoms with Crippen molar-refractivity contribution in [1.29, 1.82) is 0 Å². The lowest BCUT2D eigenvalue weighted by atomic mass is 10.1. The van der Waals surface area contributed by atoms with E-state index >= 15 is 0 Å². The molecule has 1 aliphatic heterocycles. The van der Waals surface area contributed by atoms with Gasteiger partial charge in [-0.25, -0.2) is 4.98 Å². The first-order chi connectivity index (χ1) is 9.98. The zero-order valence-electron chi connectivity index (χ0n) is 13.5.